The van der Waals surface area contributed by atoms with Crippen molar-refractivity contribution in [2.24, 2.45) is 5.92 Å². The standard InChI is InChI=1S/C12H13ClN4O3S/c1-5(11(18)19)6(2)14-12(20)15-9-7(13)3-4-8-10(9)17-21-16-8/h3-6H,1-2H3,(H,18,19)(H2,14,15,20). The van der Waals surface area contributed by atoms with Crippen LogP contribution in [0, 0.1) is 5.92 Å². The fraction of sp³-hybridized carbons (Fsp3) is 0.333. The second-order valence-corrected chi connectivity index (χ2v) is 5.50. The van der Waals surface area contributed by atoms with Gasteiger partial charge in [-0.1, -0.05) is 11.6 Å². The third kappa shape index (κ3) is 3.40. The quantitative estimate of drug-likeness (QED) is 0.800. The van der Waals surface area contributed by atoms with E-state index in [9.17, 15) is 9.59 Å². The van der Waals surface area contributed by atoms with Gasteiger partial charge in [-0.3, -0.25) is 4.79 Å². The zero-order valence-electron chi connectivity index (χ0n) is 11.3. The van der Waals surface area contributed by atoms with Crippen molar-refractivity contribution in [3.63, 3.8) is 0 Å². The highest BCUT2D eigenvalue weighted by atomic mass is 35.5. The van der Waals surface area contributed by atoms with E-state index in [1.165, 1.54) is 6.92 Å². The number of aromatic nitrogens is 2. The molecule has 9 heteroatoms. The molecule has 0 aliphatic carbocycles. The number of aliphatic carboxylic acids is 1. The molecule has 112 valence electrons. The van der Waals surface area contributed by atoms with Crippen LogP contribution in [-0.2, 0) is 4.79 Å². The lowest BCUT2D eigenvalue weighted by Crippen LogP contribution is -2.42. The lowest BCUT2D eigenvalue weighted by atomic mass is 10.0. The average Bonchev–Trinajstić information content (AvgIpc) is 2.89. The predicted molar refractivity (Wildman–Crippen MR) is 80.8 cm³/mol. The average molecular weight is 329 g/mol. The van der Waals surface area contributed by atoms with Gasteiger partial charge in [-0.2, -0.15) is 8.75 Å². The molecule has 0 saturated carbocycles. The van der Waals surface area contributed by atoms with E-state index in [0.717, 1.165) is 11.7 Å². The molecule has 2 aromatic rings. The van der Waals surface area contributed by atoms with Crippen molar-refractivity contribution in [1.82, 2.24) is 14.1 Å². The van der Waals surface area contributed by atoms with Crippen molar-refractivity contribution in [3.05, 3.63) is 17.2 Å². The van der Waals surface area contributed by atoms with Gasteiger partial charge in [-0.05, 0) is 26.0 Å². The van der Waals surface area contributed by atoms with Gasteiger partial charge in [0.2, 0.25) is 0 Å². The third-order valence-corrected chi connectivity index (χ3v) is 3.97. The molecule has 1 aromatic carbocycles. The molecule has 0 aliphatic heterocycles. The summed E-state index contributed by atoms with van der Waals surface area (Å²) in [6.45, 7) is 3.14. The van der Waals surface area contributed by atoms with Crippen LogP contribution in [-0.4, -0.2) is 31.9 Å². The van der Waals surface area contributed by atoms with E-state index >= 15 is 0 Å². The molecule has 2 unspecified atom stereocenters. The Morgan fingerprint density at radius 1 is 1.33 bits per heavy atom. The van der Waals surface area contributed by atoms with Gasteiger partial charge in [-0.25, -0.2) is 4.79 Å². The number of carbonyl (C=O) groups excluding carboxylic acids is 1. The van der Waals surface area contributed by atoms with Crippen LogP contribution in [0.25, 0.3) is 11.0 Å². The Morgan fingerprint density at radius 3 is 2.71 bits per heavy atom. The van der Waals surface area contributed by atoms with Gasteiger partial charge < -0.3 is 15.7 Å². The van der Waals surface area contributed by atoms with Gasteiger partial charge in [0, 0.05) is 6.04 Å². The van der Waals surface area contributed by atoms with E-state index in [2.05, 4.69) is 19.4 Å². The Morgan fingerprint density at radius 2 is 2.05 bits per heavy atom. The van der Waals surface area contributed by atoms with Gasteiger partial charge in [0.15, 0.2) is 0 Å². The number of carboxylic acid groups (broad SMARTS) is 1. The highest BCUT2D eigenvalue weighted by Gasteiger charge is 2.21. The fourth-order valence-electron chi connectivity index (χ4n) is 1.64. The molecular weight excluding hydrogens is 316 g/mol. The van der Waals surface area contributed by atoms with Crippen LogP contribution in [0.4, 0.5) is 10.5 Å². The molecule has 3 N–H and O–H groups in total. The zero-order valence-corrected chi connectivity index (χ0v) is 12.8. The summed E-state index contributed by atoms with van der Waals surface area (Å²) in [5.74, 6) is -1.69. The van der Waals surface area contributed by atoms with Crippen LogP contribution in [0.1, 0.15) is 13.8 Å². The molecule has 1 aromatic heterocycles. The topological polar surface area (TPSA) is 104 Å². The van der Waals surface area contributed by atoms with Crippen LogP contribution < -0.4 is 10.6 Å². The van der Waals surface area contributed by atoms with Crippen molar-refractivity contribution in [3.8, 4) is 0 Å². The van der Waals surface area contributed by atoms with E-state index in [1.807, 2.05) is 0 Å². The summed E-state index contributed by atoms with van der Waals surface area (Å²) in [5, 5.41) is 14.4. The number of carboxylic acids is 1. The number of hydrogen-bond donors (Lipinski definition) is 3. The molecule has 0 aliphatic rings. The van der Waals surface area contributed by atoms with Gasteiger partial charge >= 0.3 is 12.0 Å². The van der Waals surface area contributed by atoms with Gasteiger partial charge in [0.25, 0.3) is 0 Å². The van der Waals surface area contributed by atoms with E-state index in [0.29, 0.717) is 21.7 Å². The van der Waals surface area contributed by atoms with Crippen LogP contribution in [0.15, 0.2) is 12.1 Å². The lowest BCUT2D eigenvalue weighted by molar-refractivity contribution is -0.141. The number of rotatable bonds is 4. The number of anilines is 1. The molecule has 0 bridgehead atoms. The third-order valence-electron chi connectivity index (χ3n) is 3.11. The Hall–Kier alpha value is -1.93. The SMILES string of the molecule is CC(NC(=O)Nc1c(Cl)ccc2nsnc12)C(C)C(=O)O. The number of nitrogens with one attached hydrogen (secondary N) is 2. The summed E-state index contributed by atoms with van der Waals surface area (Å²) in [6.07, 6.45) is 0. The number of hydrogen-bond acceptors (Lipinski definition) is 5. The van der Waals surface area contributed by atoms with Crippen LogP contribution in [0.2, 0.25) is 5.02 Å². The number of nitrogens with zero attached hydrogens (tertiary/aromatic N) is 2. The normalized spacial score (nSPS) is 13.7. The Bertz CT molecular complexity index is 690. The minimum absolute atomic E-state index is 0.337. The maximum Gasteiger partial charge on any atom is 0.319 e. The number of fused-ring (bicyclic) bond motifs is 1. The molecule has 2 atom stereocenters. The molecule has 0 fully saturated rings. The first-order valence-corrected chi connectivity index (χ1v) is 7.22. The molecule has 7 nitrogen and oxygen atoms in total. The van der Waals surface area contributed by atoms with Crippen molar-refractivity contribution in [1.29, 1.82) is 0 Å². The number of benzene rings is 1. The minimum Gasteiger partial charge on any atom is -0.481 e. The Balaban J connectivity index is 2.13. The Labute approximate surface area is 129 Å². The lowest BCUT2D eigenvalue weighted by Gasteiger charge is -2.18. The largest absolute Gasteiger partial charge is 0.481 e. The molecule has 0 saturated heterocycles. The van der Waals surface area contributed by atoms with Gasteiger partial charge in [-0.15, -0.1) is 0 Å². The maximum absolute atomic E-state index is 11.9. The van der Waals surface area contributed by atoms with Crippen molar-refractivity contribution in [2.45, 2.75) is 19.9 Å². The fourth-order valence-corrected chi connectivity index (χ4v) is 2.38. The molecular formula is C12H13ClN4O3S. The molecule has 21 heavy (non-hydrogen) atoms. The smallest absolute Gasteiger partial charge is 0.319 e. The predicted octanol–water partition coefficient (Wildman–Crippen LogP) is 2.58. The molecule has 1 heterocycles. The number of urea groups is 1. The highest BCUT2D eigenvalue weighted by molar-refractivity contribution is 7.00. The van der Waals surface area contributed by atoms with E-state index in [4.69, 9.17) is 16.7 Å². The first-order chi connectivity index (χ1) is 9.90. The summed E-state index contributed by atoms with van der Waals surface area (Å²) >= 11 is 7.07. The highest BCUT2D eigenvalue weighted by Crippen LogP contribution is 2.29. The van der Waals surface area contributed by atoms with Gasteiger partial charge in [0.05, 0.1) is 28.4 Å². The van der Waals surface area contributed by atoms with Crippen LogP contribution >= 0.6 is 23.3 Å². The summed E-state index contributed by atoms with van der Waals surface area (Å²) < 4.78 is 8.15. The van der Waals surface area contributed by atoms with E-state index in [-0.39, 0.29) is 0 Å². The summed E-state index contributed by atoms with van der Waals surface area (Å²) in [5.41, 5.74) is 1.49. The second-order valence-electron chi connectivity index (χ2n) is 4.57. The molecule has 2 rings (SSSR count). The molecule has 0 radical (unpaired) electrons. The zero-order chi connectivity index (χ0) is 15.6. The number of halogens is 1. The van der Waals surface area contributed by atoms with Crippen molar-refractivity contribution < 1.29 is 14.7 Å². The second kappa shape index (κ2) is 6.23. The van der Waals surface area contributed by atoms with Crippen molar-refractivity contribution in [2.75, 3.05) is 5.32 Å². The first-order valence-electron chi connectivity index (χ1n) is 6.11. The minimum atomic E-state index is -0.980. The monoisotopic (exact) mass is 328 g/mol. The summed E-state index contributed by atoms with van der Waals surface area (Å²) in [4.78, 5) is 22.8. The number of carbonyl (C=O) groups is 2. The van der Waals surface area contributed by atoms with E-state index < -0.39 is 24.0 Å². The number of amides is 2. The maximum atomic E-state index is 11.9. The Kier molecular flexibility index (Phi) is 4.59. The first kappa shape index (κ1) is 15.5. The molecule has 2 amide bonds. The van der Waals surface area contributed by atoms with Crippen LogP contribution in [0.5, 0.6) is 0 Å². The van der Waals surface area contributed by atoms with Gasteiger partial charge in [0.1, 0.15) is 11.0 Å². The molecule has 0 spiro atoms. The van der Waals surface area contributed by atoms with Crippen molar-refractivity contribution >= 4 is 52.1 Å². The van der Waals surface area contributed by atoms with Crippen LogP contribution in [0.3, 0.4) is 0 Å². The van der Waals surface area contributed by atoms with E-state index in [1.54, 1.807) is 19.1 Å². The summed E-state index contributed by atoms with van der Waals surface area (Å²) in [6, 6.07) is 2.25. The summed E-state index contributed by atoms with van der Waals surface area (Å²) in [7, 11) is 0.